The maximum absolute atomic E-state index is 13.1. The predicted molar refractivity (Wildman–Crippen MR) is 86.3 cm³/mol. The Bertz CT molecular complexity index is 373. The molecule has 0 aliphatic heterocycles. The summed E-state index contributed by atoms with van der Waals surface area (Å²) in [4.78, 5) is 12.4. The van der Waals surface area contributed by atoms with E-state index in [2.05, 4.69) is 5.32 Å². The molecule has 136 valence electrons. The van der Waals surface area contributed by atoms with Gasteiger partial charge in [0, 0.05) is 18.5 Å². The smallest absolute Gasteiger partial charge is 0.352 e. The van der Waals surface area contributed by atoms with Crippen molar-refractivity contribution in [1.29, 1.82) is 0 Å². The number of carbonyl (C=O) groups excluding carboxylic acids is 1. The van der Waals surface area contributed by atoms with Gasteiger partial charge in [-0.05, 0) is 31.6 Å². The number of nitrogens with one attached hydrogen (secondary N) is 1. The molecule has 3 nitrogen and oxygen atoms in total. The van der Waals surface area contributed by atoms with Crippen LogP contribution in [-0.2, 0) is 4.79 Å². The van der Waals surface area contributed by atoms with Gasteiger partial charge in [-0.15, -0.1) is 12.4 Å². The lowest BCUT2D eigenvalue weighted by atomic mass is 9.77. The highest BCUT2D eigenvalue weighted by molar-refractivity contribution is 5.85. The molecule has 2 aliphatic carbocycles. The molecule has 0 aromatic carbocycles. The van der Waals surface area contributed by atoms with Gasteiger partial charge in [-0.25, -0.2) is 0 Å². The van der Waals surface area contributed by atoms with E-state index in [1.807, 2.05) is 0 Å². The summed E-state index contributed by atoms with van der Waals surface area (Å²) in [7, 11) is 0. The monoisotopic (exact) mass is 356 g/mol. The first-order chi connectivity index (χ1) is 10.4. The van der Waals surface area contributed by atoms with Gasteiger partial charge in [-0.3, -0.25) is 4.79 Å². The Hall–Kier alpha value is -0.490. The minimum atomic E-state index is -4.29. The summed E-state index contributed by atoms with van der Waals surface area (Å²) in [5.41, 5.74) is 5.76. The number of alkyl halides is 3. The van der Waals surface area contributed by atoms with Gasteiger partial charge in [0.05, 0.1) is 5.92 Å². The van der Waals surface area contributed by atoms with Gasteiger partial charge in [0.25, 0.3) is 0 Å². The average molecular weight is 357 g/mol. The van der Waals surface area contributed by atoms with Crippen LogP contribution in [-0.4, -0.2) is 24.7 Å². The second-order valence-corrected chi connectivity index (χ2v) is 6.79. The molecule has 7 heteroatoms. The second kappa shape index (κ2) is 9.11. The van der Waals surface area contributed by atoms with Crippen molar-refractivity contribution in [3.8, 4) is 0 Å². The van der Waals surface area contributed by atoms with Gasteiger partial charge in [0.1, 0.15) is 0 Å². The number of nitrogens with two attached hydrogens (primary N) is 1. The molecule has 23 heavy (non-hydrogen) atoms. The standard InChI is InChI=1S/C16H27F3N2O.ClH/c17-16(18,19)13-9-5-4-8-12(13)15(22)21-14(10-20)11-6-2-1-3-7-11;/h11-14H,1-10,20H2,(H,21,22);1H. The molecule has 2 fully saturated rings. The van der Waals surface area contributed by atoms with E-state index in [1.54, 1.807) is 0 Å². The fourth-order valence-electron chi connectivity index (χ4n) is 4.03. The summed E-state index contributed by atoms with van der Waals surface area (Å²) >= 11 is 0. The third kappa shape index (κ3) is 5.52. The quantitative estimate of drug-likeness (QED) is 0.805. The summed E-state index contributed by atoms with van der Waals surface area (Å²) in [5.74, 6) is -2.56. The molecule has 3 unspecified atom stereocenters. The molecule has 0 radical (unpaired) electrons. The normalized spacial score (nSPS) is 27.8. The molecule has 2 aliphatic rings. The Kier molecular flexibility index (Phi) is 8.14. The second-order valence-electron chi connectivity index (χ2n) is 6.79. The average Bonchev–Trinajstić information content (AvgIpc) is 2.52. The Labute approximate surface area is 142 Å². The van der Waals surface area contributed by atoms with E-state index in [0.29, 0.717) is 31.7 Å². The van der Waals surface area contributed by atoms with E-state index >= 15 is 0 Å². The van der Waals surface area contributed by atoms with Crippen LogP contribution < -0.4 is 11.1 Å². The molecule has 0 aromatic heterocycles. The zero-order valence-electron chi connectivity index (χ0n) is 13.4. The number of hydrogen-bond donors (Lipinski definition) is 2. The third-order valence-electron chi connectivity index (χ3n) is 5.32. The van der Waals surface area contributed by atoms with Crippen LogP contribution in [0.4, 0.5) is 13.2 Å². The van der Waals surface area contributed by atoms with Crippen LogP contribution >= 0.6 is 12.4 Å². The molecule has 0 heterocycles. The van der Waals surface area contributed by atoms with Gasteiger partial charge >= 0.3 is 6.18 Å². The molecule has 2 saturated carbocycles. The molecule has 3 atom stereocenters. The van der Waals surface area contributed by atoms with E-state index in [-0.39, 0.29) is 24.9 Å². The zero-order valence-corrected chi connectivity index (χ0v) is 14.2. The number of amides is 1. The van der Waals surface area contributed by atoms with Crippen molar-refractivity contribution in [2.45, 2.75) is 70.0 Å². The molecular formula is C16H28ClF3N2O. The highest BCUT2D eigenvalue weighted by atomic mass is 35.5. The summed E-state index contributed by atoms with van der Waals surface area (Å²) in [6, 6.07) is -0.177. The van der Waals surface area contributed by atoms with Crippen LogP contribution in [0.15, 0.2) is 0 Å². The van der Waals surface area contributed by atoms with Gasteiger partial charge in [0.2, 0.25) is 5.91 Å². The first-order valence-electron chi connectivity index (χ1n) is 8.50. The Morgan fingerprint density at radius 2 is 1.61 bits per heavy atom. The number of halogens is 4. The molecule has 0 saturated heterocycles. The SMILES string of the molecule is Cl.NCC(NC(=O)C1CCCCC1C(F)(F)F)C1CCCCC1. The Balaban J connectivity index is 0.00000264. The summed E-state index contributed by atoms with van der Waals surface area (Å²) in [5, 5.41) is 2.84. The third-order valence-corrected chi connectivity index (χ3v) is 5.32. The summed E-state index contributed by atoms with van der Waals surface area (Å²) in [6.07, 6.45) is 2.81. The number of hydrogen-bond acceptors (Lipinski definition) is 2. The van der Waals surface area contributed by atoms with E-state index in [1.165, 1.54) is 6.42 Å². The lowest BCUT2D eigenvalue weighted by Gasteiger charge is -2.35. The topological polar surface area (TPSA) is 55.1 Å². The zero-order chi connectivity index (χ0) is 16.2. The maximum Gasteiger partial charge on any atom is 0.392 e. The van der Waals surface area contributed by atoms with E-state index in [4.69, 9.17) is 5.73 Å². The van der Waals surface area contributed by atoms with E-state index in [9.17, 15) is 18.0 Å². The van der Waals surface area contributed by atoms with Crippen LogP contribution in [0.25, 0.3) is 0 Å². The van der Waals surface area contributed by atoms with Crippen molar-refractivity contribution in [2.24, 2.45) is 23.5 Å². The van der Waals surface area contributed by atoms with Crippen molar-refractivity contribution >= 4 is 18.3 Å². The summed E-state index contributed by atoms with van der Waals surface area (Å²) in [6.45, 7) is 0.305. The largest absolute Gasteiger partial charge is 0.392 e. The molecule has 0 aromatic rings. The Morgan fingerprint density at radius 1 is 1.04 bits per heavy atom. The molecule has 3 N–H and O–H groups in total. The lowest BCUT2D eigenvalue weighted by molar-refractivity contribution is -0.198. The molecule has 1 amide bonds. The van der Waals surface area contributed by atoms with Crippen LogP contribution in [0.5, 0.6) is 0 Å². The molecule has 0 spiro atoms. The minimum Gasteiger partial charge on any atom is -0.352 e. The van der Waals surface area contributed by atoms with E-state index in [0.717, 1.165) is 25.7 Å². The lowest BCUT2D eigenvalue weighted by Crippen LogP contribution is -2.50. The predicted octanol–water partition coefficient (Wildman–Crippen LogP) is 3.80. The first kappa shape index (κ1) is 20.6. The van der Waals surface area contributed by atoms with Gasteiger partial charge < -0.3 is 11.1 Å². The van der Waals surface area contributed by atoms with Crippen molar-refractivity contribution in [3.63, 3.8) is 0 Å². The van der Waals surface area contributed by atoms with E-state index < -0.39 is 23.9 Å². The van der Waals surface area contributed by atoms with Crippen molar-refractivity contribution in [1.82, 2.24) is 5.32 Å². The number of rotatable bonds is 4. The van der Waals surface area contributed by atoms with Crippen molar-refractivity contribution in [3.05, 3.63) is 0 Å². The molecule has 0 bridgehead atoms. The van der Waals surface area contributed by atoms with Crippen molar-refractivity contribution in [2.75, 3.05) is 6.54 Å². The first-order valence-corrected chi connectivity index (χ1v) is 8.50. The van der Waals surface area contributed by atoms with Gasteiger partial charge in [-0.2, -0.15) is 13.2 Å². The van der Waals surface area contributed by atoms with Gasteiger partial charge in [-0.1, -0.05) is 32.1 Å². The van der Waals surface area contributed by atoms with Crippen LogP contribution in [0.1, 0.15) is 57.8 Å². The minimum absolute atomic E-state index is 0. The highest BCUT2D eigenvalue weighted by Gasteiger charge is 2.48. The van der Waals surface area contributed by atoms with Gasteiger partial charge in [0.15, 0.2) is 0 Å². The highest BCUT2D eigenvalue weighted by Crippen LogP contribution is 2.41. The van der Waals surface area contributed by atoms with Crippen LogP contribution in [0, 0.1) is 17.8 Å². The Morgan fingerprint density at radius 3 is 2.17 bits per heavy atom. The molecule has 2 rings (SSSR count). The fraction of sp³-hybridized carbons (Fsp3) is 0.938. The fourth-order valence-corrected chi connectivity index (χ4v) is 4.03. The maximum atomic E-state index is 13.1. The molecular weight excluding hydrogens is 329 g/mol. The van der Waals surface area contributed by atoms with Crippen LogP contribution in [0.2, 0.25) is 0 Å². The van der Waals surface area contributed by atoms with Crippen LogP contribution in [0.3, 0.4) is 0 Å². The van der Waals surface area contributed by atoms with Crippen molar-refractivity contribution < 1.29 is 18.0 Å². The number of carbonyl (C=O) groups is 1. The summed E-state index contributed by atoms with van der Waals surface area (Å²) < 4.78 is 39.4.